The van der Waals surface area contributed by atoms with Crippen LogP contribution in [0.15, 0.2) is 54.9 Å². The Morgan fingerprint density at radius 3 is 2.71 bits per heavy atom. The van der Waals surface area contributed by atoms with Crippen molar-refractivity contribution < 1.29 is 14.3 Å². The van der Waals surface area contributed by atoms with E-state index in [4.69, 9.17) is 4.74 Å². The van der Waals surface area contributed by atoms with E-state index in [0.29, 0.717) is 23.5 Å². The number of ketones is 1. The van der Waals surface area contributed by atoms with Gasteiger partial charge < -0.3 is 10.1 Å². The maximum atomic E-state index is 12.9. The quantitative estimate of drug-likeness (QED) is 0.696. The molecule has 1 N–H and O–H groups in total. The summed E-state index contributed by atoms with van der Waals surface area (Å²) < 4.78 is 7.56. The summed E-state index contributed by atoms with van der Waals surface area (Å²) in [6, 6.07) is 13.5. The molecular formula is C22H21N3O3. The first-order valence-electron chi connectivity index (χ1n) is 9.15. The molecule has 2 heterocycles. The van der Waals surface area contributed by atoms with Gasteiger partial charge in [0.25, 0.3) is 5.91 Å². The van der Waals surface area contributed by atoms with E-state index < -0.39 is 0 Å². The molecule has 2 aromatic carbocycles. The maximum absolute atomic E-state index is 12.9. The second kappa shape index (κ2) is 7.31. The number of ether oxygens (including phenoxy) is 1. The van der Waals surface area contributed by atoms with Crippen LogP contribution >= 0.6 is 0 Å². The van der Waals surface area contributed by atoms with E-state index >= 15 is 0 Å². The fourth-order valence-corrected chi connectivity index (χ4v) is 3.60. The molecule has 142 valence electrons. The van der Waals surface area contributed by atoms with Crippen LogP contribution in [0, 0.1) is 0 Å². The zero-order valence-electron chi connectivity index (χ0n) is 15.8. The molecule has 0 fully saturated rings. The highest BCUT2D eigenvalue weighted by Crippen LogP contribution is 2.41. The minimum Gasteiger partial charge on any atom is -0.491 e. The van der Waals surface area contributed by atoms with Crippen LogP contribution in [0.5, 0.6) is 5.75 Å². The van der Waals surface area contributed by atoms with Gasteiger partial charge in [-0.3, -0.25) is 14.3 Å². The number of aromatic nitrogens is 2. The Hall–Kier alpha value is -3.41. The molecule has 0 aliphatic carbocycles. The van der Waals surface area contributed by atoms with Gasteiger partial charge in [-0.2, -0.15) is 5.10 Å². The van der Waals surface area contributed by atoms with Crippen molar-refractivity contribution in [1.29, 1.82) is 0 Å². The number of carbonyl (C=O) groups excluding carboxylic acids is 2. The topological polar surface area (TPSA) is 73.2 Å². The van der Waals surface area contributed by atoms with Crippen molar-refractivity contribution in [3.63, 3.8) is 0 Å². The molecule has 4 rings (SSSR count). The Bertz CT molecular complexity index is 1040. The zero-order chi connectivity index (χ0) is 19.7. The first kappa shape index (κ1) is 18.0. The summed E-state index contributed by atoms with van der Waals surface area (Å²) in [5.74, 6) is 0.234. The van der Waals surface area contributed by atoms with Gasteiger partial charge in [0.05, 0.1) is 18.4 Å². The second-order valence-electron chi connectivity index (χ2n) is 6.92. The van der Waals surface area contributed by atoms with Crippen molar-refractivity contribution >= 4 is 11.7 Å². The lowest BCUT2D eigenvalue weighted by molar-refractivity contribution is 0.0960. The number of carbonyl (C=O) groups is 2. The van der Waals surface area contributed by atoms with Crippen molar-refractivity contribution in [3.8, 4) is 5.75 Å². The number of aryl methyl sites for hydroxylation is 1. The molecule has 6 heteroatoms. The predicted octanol–water partition coefficient (Wildman–Crippen LogP) is 2.73. The Morgan fingerprint density at radius 1 is 1.25 bits per heavy atom. The summed E-state index contributed by atoms with van der Waals surface area (Å²) in [4.78, 5) is 25.4. The lowest BCUT2D eigenvalue weighted by Gasteiger charge is -2.12. The molecule has 1 aliphatic rings. The number of hydrogen-bond donors (Lipinski definition) is 1. The molecule has 3 aromatic rings. The number of fused-ring (bicyclic) bond motifs is 1. The molecule has 0 unspecified atom stereocenters. The zero-order valence-corrected chi connectivity index (χ0v) is 15.8. The summed E-state index contributed by atoms with van der Waals surface area (Å²) in [5.41, 5.74) is 3.72. The monoisotopic (exact) mass is 375 g/mol. The van der Waals surface area contributed by atoms with E-state index in [9.17, 15) is 9.59 Å². The Labute approximate surface area is 163 Å². The van der Waals surface area contributed by atoms with Crippen LogP contribution in [0.1, 0.15) is 43.3 Å². The van der Waals surface area contributed by atoms with Crippen LogP contribution in [0.3, 0.4) is 0 Å². The molecule has 1 aliphatic heterocycles. The van der Waals surface area contributed by atoms with Gasteiger partial charge in [0.2, 0.25) is 0 Å². The van der Waals surface area contributed by atoms with Gasteiger partial charge in [0.1, 0.15) is 5.75 Å². The summed E-state index contributed by atoms with van der Waals surface area (Å²) in [5, 5.41) is 6.75. The van der Waals surface area contributed by atoms with E-state index in [1.165, 1.54) is 0 Å². The van der Waals surface area contributed by atoms with Crippen LogP contribution < -0.4 is 10.1 Å². The number of hydrogen-bond acceptors (Lipinski definition) is 4. The van der Waals surface area contributed by atoms with E-state index in [0.717, 1.165) is 16.7 Å². The highest BCUT2D eigenvalue weighted by atomic mass is 16.5. The van der Waals surface area contributed by atoms with Crippen molar-refractivity contribution in [2.75, 3.05) is 13.7 Å². The highest BCUT2D eigenvalue weighted by molar-refractivity contribution is 6.03. The molecular weight excluding hydrogens is 354 g/mol. The van der Waals surface area contributed by atoms with Gasteiger partial charge in [0.15, 0.2) is 5.78 Å². The predicted molar refractivity (Wildman–Crippen MR) is 105 cm³/mol. The molecule has 0 bridgehead atoms. The average molecular weight is 375 g/mol. The summed E-state index contributed by atoms with van der Waals surface area (Å²) in [6.45, 7) is 0.448. The molecule has 1 amide bonds. The van der Waals surface area contributed by atoms with Crippen LogP contribution in [0.2, 0.25) is 0 Å². The summed E-state index contributed by atoms with van der Waals surface area (Å²) in [7, 11) is 3.39. The van der Waals surface area contributed by atoms with Crippen molar-refractivity contribution in [2.45, 2.75) is 12.3 Å². The third-order valence-corrected chi connectivity index (χ3v) is 5.01. The van der Waals surface area contributed by atoms with Gasteiger partial charge in [-0.15, -0.1) is 0 Å². The van der Waals surface area contributed by atoms with E-state index in [1.807, 2.05) is 49.6 Å². The smallest absolute Gasteiger partial charge is 0.254 e. The fourth-order valence-electron chi connectivity index (χ4n) is 3.60. The number of Topliss-reactive ketones (excluding diaryl/α,β-unsaturated/α-hetero) is 1. The molecule has 1 aromatic heterocycles. The van der Waals surface area contributed by atoms with E-state index in [2.05, 4.69) is 10.4 Å². The summed E-state index contributed by atoms with van der Waals surface area (Å²) >= 11 is 0. The Kier molecular flexibility index (Phi) is 4.69. The molecule has 0 spiro atoms. The number of benzene rings is 2. The van der Waals surface area contributed by atoms with Gasteiger partial charge >= 0.3 is 0 Å². The Balaban J connectivity index is 1.76. The number of nitrogens with zero attached hydrogens (tertiary/aromatic N) is 2. The largest absolute Gasteiger partial charge is 0.491 e. The molecule has 1 atom stereocenters. The second-order valence-corrected chi connectivity index (χ2v) is 6.92. The van der Waals surface area contributed by atoms with Crippen molar-refractivity contribution in [2.24, 2.45) is 7.05 Å². The SMILES string of the molecule is CNC(=O)c1cc(C(=O)Cc2cnn(C)c2)cc2c1OC[C@H]2c1ccccc1. The van der Waals surface area contributed by atoms with Crippen LogP contribution in [0.25, 0.3) is 0 Å². The molecule has 0 saturated carbocycles. The third kappa shape index (κ3) is 3.29. The van der Waals surface area contributed by atoms with Gasteiger partial charge in [-0.05, 0) is 23.3 Å². The summed E-state index contributed by atoms with van der Waals surface area (Å²) in [6.07, 6.45) is 3.73. The third-order valence-electron chi connectivity index (χ3n) is 5.01. The fraction of sp³-hybridized carbons (Fsp3) is 0.227. The minimum absolute atomic E-state index is 0.00857. The Morgan fingerprint density at radius 2 is 2.04 bits per heavy atom. The molecule has 0 saturated heterocycles. The van der Waals surface area contributed by atoms with E-state index in [-0.39, 0.29) is 24.0 Å². The molecule has 0 radical (unpaired) electrons. The van der Waals surface area contributed by atoms with Crippen molar-refractivity contribution in [3.05, 3.63) is 82.7 Å². The van der Waals surface area contributed by atoms with Gasteiger partial charge in [-0.1, -0.05) is 30.3 Å². The van der Waals surface area contributed by atoms with E-state index in [1.54, 1.807) is 24.0 Å². The van der Waals surface area contributed by atoms with Crippen molar-refractivity contribution in [1.82, 2.24) is 15.1 Å². The van der Waals surface area contributed by atoms with Crippen LogP contribution in [-0.2, 0) is 13.5 Å². The van der Waals surface area contributed by atoms with Gasteiger partial charge in [0, 0.05) is 43.8 Å². The average Bonchev–Trinajstić information content (AvgIpc) is 3.33. The van der Waals surface area contributed by atoms with Gasteiger partial charge in [-0.25, -0.2) is 0 Å². The number of rotatable bonds is 5. The van der Waals surface area contributed by atoms with Crippen LogP contribution in [0.4, 0.5) is 0 Å². The standard InChI is InChI=1S/C22H21N3O3/c1-23-22(27)18-10-16(20(26)8-14-11-24-25(2)12-14)9-17-19(13-28-21(17)18)15-6-4-3-5-7-15/h3-7,9-12,19H,8,13H2,1-2H3,(H,23,27)/t19-/m0/s1. The highest BCUT2D eigenvalue weighted by Gasteiger charge is 2.31. The number of nitrogens with one attached hydrogen (secondary N) is 1. The maximum Gasteiger partial charge on any atom is 0.254 e. The minimum atomic E-state index is -0.263. The van der Waals surface area contributed by atoms with Crippen LogP contribution in [-0.4, -0.2) is 35.1 Å². The first-order chi connectivity index (χ1) is 13.6. The normalized spacial score (nSPS) is 15.0. The first-order valence-corrected chi connectivity index (χ1v) is 9.15. The number of amides is 1. The lowest BCUT2D eigenvalue weighted by Crippen LogP contribution is -2.19. The molecule has 28 heavy (non-hydrogen) atoms. The lowest BCUT2D eigenvalue weighted by atomic mass is 9.89. The molecule has 6 nitrogen and oxygen atoms in total.